The third-order valence-electron chi connectivity index (χ3n) is 5.04. The van der Waals surface area contributed by atoms with Crippen LogP contribution in [0.5, 0.6) is 0 Å². The summed E-state index contributed by atoms with van der Waals surface area (Å²) in [4.78, 5) is 20.4. The van der Waals surface area contributed by atoms with Gasteiger partial charge in [0.05, 0.1) is 23.2 Å². The van der Waals surface area contributed by atoms with Gasteiger partial charge >= 0.3 is 0 Å². The van der Waals surface area contributed by atoms with Crippen molar-refractivity contribution >= 4 is 17.2 Å². The zero-order valence-corrected chi connectivity index (χ0v) is 13.1. The van der Waals surface area contributed by atoms with Gasteiger partial charge in [-0.25, -0.2) is 4.98 Å². The van der Waals surface area contributed by atoms with Crippen molar-refractivity contribution in [2.24, 2.45) is 11.3 Å². The smallest absolute Gasteiger partial charge is 0.230 e. The number of nitrogens with one attached hydrogen (secondary N) is 1. The zero-order valence-electron chi connectivity index (χ0n) is 12.3. The Hall–Kier alpha value is -0.940. The Morgan fingerprint density at radius 3 is 3.20 bits per heavy atom. The van der Waals surface area contributed by atoms with E-state index in [-0.39, 0.29) is 5.41 Å². The molecule has 1 aliphatic heterocycles. The van der Waals surface area contributed by atoms with Gasteiger partial charge in [0.1, 0.15) is 0 Å². The fourth-order valence-corrected chi connectivity index (χ4v) is 4.64. The molecule has 0 unspecified atom stereocenters. The van der Waals surface area contributed by atoms with Gasteiger partial charge in [-0.15, -0.1) is 11.3 Å². The summed E-state index contributed by atoms with van der Waals surface area (Å²) in [5.41, 5.74) is 2.78. The van der Waals surface area contributed by atoms with E-state index in [1.807, 2.05) is 24.4 Å². The van der Waals surface area contributed by atoms with Gasteiger partial charge in [-0.2, -0.15) is 0 Å². The van der Waals surface area contributed by atoms with Crippen LogP contribution in [0.15, 0.2) is 5.51 Å². The van der Waals surface area contributed by atoms with Crippen molar-refractivity contribution in [2.75, 3.05) is 20.1 Å². The molecule has 0 spiro atoms. The number of aromatic nitrogens is 1. The number of rotatable bonds is 3. The first-order chi connectivity index (χ1) is 9.63. The molecule has 5 heteroatoms. The van der Waals surface area contributed by atoms with Crippen molar-refractivity contribution in [2.45, 2.75) is 39.2 Å². The molecule has 3 rings (SSSR count). The van der Waals surface area contributed by atoms with Gasteiger partial charge in [0.2, 0.25) is 5.91 Å². The van der Waals surface area contributed by atoms with Gasteiger partial charge in [-0.1, -0.05) is 12.8 Å². The van der Waals surface area contributed by atoms with E-state index in [9.17, 15) is 4.79 Å². The van der Waals surface area contributed by atoms with Gasteiger partial charge in [-0.05, 0) is 32.2 Å². The number of carbonyl (C=O) groups excluding carboxylic acids is 1. The molecule has 110 valence electrons. The molecule has 1 amide bonds. The topological polar surface area (TPSA) is 45.2 Å². The van der Waals surface area contributed by atoms with E-state index in [2.05, 4.69) is 10.3 Å². The predicted octanol–water partition coefficient (Wildman–Crippen LogP) is 2.19. The molecule has 20 heavy (non-hydrogen) atoms. The molecule has 4 nitrogen and oxygen atoms in total. The lowest BCUT2D eigenvalue weighted by Gasteiger charge is -2.39. The van der Waals surface area contributed by atoms with Crippen molar-refractivity contribution in [1.29, 1.82) is 0 Å². The highest BCUT2D eigenvalue weighted by molar-refractivity contribution is 7.09. The third-order valence-corrected chi connectivity index (χ3v) is 5.96. The van der Waals surface area contributed by atoms with Crippen LogP contribution in [-0.2, 0) is 11.3 Å². The fourth-order valence-electron chi connectivity index (χ4n) is 3.81. The molecule has 2 aliphatic rings. The summed E-state index contributed by atoms with van der Waals surface area (Å²) in [6.07, 6.45) is 4.72. The van der Waals surface area contributed by atoms with Crippen LogP contribution < -0.4 is 5.32 Å². The fraction of sp³-hybridized carbons (Fsp3) is 0.733. The number of fused-ring (bicyclic) bond motifs is 1. The Kier molecular flexibility index (Phi) is 3.82. The number of aryl methyl sites for hydroxylation is 1. The van der Waals surface area contributed by atoms with Crippen LogP contribution in [0, 0.1) is 18.3 Å². The number of nitrogens with zero attached hydrogens (tertiary/aromatic N) is 2. The summed E-state index contributed by atoms with van der Waals surface area (Å²) in [5.74, 6) is 0.869. The zero-order chi connectivity index (χ0) is 14.2. The first-order valence-electron chi connectivity index (χ1n) is 7.49. The molecule has 0 bridgehead atoms. The Bertz CT molecular complexity index is 501. The second-order valence-corrected chi connectivity index (χ2v) is 7.19. The molecule has 2 heterocycles. The molecule has 0 aromatic carbocycles. The largest absolute Gasteiger partial charge is 0.340 e. The molecule has 1 aromatic rings. The molecule has 1 aliphatic carbocycles. The van der Waals surface area contributed by atoms with E-state index in [1.165, 1.54) is 24.1 Å². The minimum absolute atomic E-state index is 0.133. The summed E-state index contributed by atoms with van der Waals surface area (Å²) >= 11 is 1.64. The maximum Gasteiger partial charge on any atom is 0.230 e. The molecule has 1 saturated carbocycles. The summed E-state index contributed by atoms with van der Waals surface area (Å²) in [6.45, 7) is 4.59. The Balaban J connectivity index is 1.75. The van der Waals surface area contributed by atoms with E-state index in [1.54, 1.807) is 11.3 Å². The van der Waals surface area contributed by atoms with E-state index >= 15 is 0 Å². The van der Waals surface area contributed by atoms with Crippen LogP contribution in [0.2, 0.25) is 0 Å². The van der Waals surface area contributed by atoms with Crippen molar-refractivity contribution < 1.29 is 4.79 Å². The normalized spacial score (nSPS) is 29.2. The van der Waals surface area contributed by atoms with Crippen molar-refractivity contribution in [3.8, 4) is 0 Å². The van der Waals surface area contributed by atoms with Gasteiger partial charge in [0.25, 0.3) is 0 Å². The predicted molar refractivity (Wildman–Crippen MR) is 80.6 cm³/mol. The second kappa shape index (κ2) is 5.45. The maximum absolute atomic E-state index is 13.0. The average molecular weight is 293 g/mol. The Morgan fingerprint density at radius 1 is 1.60 bits per heavy atom. The van der Waals surface area contributed by atoms with Crippen LogP contribution in [-0.4, -0.2) is 35.9 Å². The molecular weight excluding hydrogens is 270 g/mol. The first-order valence-corrected chi connectivity index (χ1v) is 8.37. The Morgan fingerprint density at radius 2 is 2.45 bits per heavy atom. The molecule has 2 fully saturated rings. The van der Waals surface area contributed by atoms with Gasteiger partial charge in [0, 0.05) is 18.5 Å². The maximum atomic E-state index is 13.0. The monoisotopic (exact) mass is 293 g/mol. The van der Waals surface area contributed by atoms with Crippen LogP contribution in [0.4, 0.5) is 0 Å². The van der Waals surface area contributed by atoms with Gasteiger partial charge in [-0.3, -0.25) is 4.79 Å². The van der Waals surface area contributed by atoms with Gasteiger partial charge in [0.15, 0.2) is 0 Å². The van der Waals surface area contributed by atoms with E-state index < -0.39 is 0 Å². The Labute approximate surface area is 124 Å². The van der Waals surface area contributed by atoms with Crippen molar-refractivity contribution in [3.63, 3.8) is 0 Å². The lowest BCUT2D eigenvalue weighted by molar-refractivity contribution is -0.144. The highest BCUT2D eigenvalue weighted by atomic mass is 32.1. The lowest BCUT2D eigenvalue weighted by atomic mass is 9.67. The lowest BCUT2D eigenvalue weighted by Crippen LogP contribution is -2.48. The van der Waals surface area contributed by atoms with E-state index in [0.29, 0.717) is 18.4 Å². The quantitative estimate of drug-likeness (QED) is 0.929. The standard InChI is InChI=1S/C15H23N3OS/c1-11-13(20-10-17-11)8-18(2)14(19)15-6-4-3-5-12(15)7-16-9-15/h10,12,16H,3-9H2,1-2H3/t12-,15+/m0/s1. The minimum atomic E-state index is -0.133. The molecule has 1 aromatic heterocycles. The number of amides is 1. The van der Waals surface area contributed by atoms with Crippen LogP contribution >= 0.6 is 11.3 Å². The number of thiazole rings is 1. The third kappa shape index (κ3) is 2.27. The number of hydrogen-bond donors (Lipinski definition) is 1. The van der Waals surface area contributed by atoms with E-state index in [4.69, 9.17) is 0 Å². The molecule has 2 atom stereocenters. The first kappa shape index (κ1) is 14.0. The SMILES string of the molecule is Cc1ncsc1CN(C)C(=O)[C@@]12CCCC[C@H]1CNC2. The van der Waals surface area contributed by atoms with Gasteiger partial charge < -0.3 is 10.2 Å². The van der Waals surface area contributed by atoms with Crippen molar-refractivity contribution in [3.05, 3.63) is 16.1 Å². The van der Waals surface area contributed by atoms with Crippen LogP contribution in [0.25, 0.3) is 0 Å². The summed E-state index contributed by atoms with van der Waals surface area (Å²) in [6, 6.07) is 0. The highest BCUT2D eigenvalue weighted by Crippen LogP contribution is 2.45. The average Bonchev–Trinajstić information content (AvgIpc) is 3.05. The van der Waals surface area contributed by atoms with E-state index in [0.717, 1.165) is 25.2 Å². The molecular formula is C15H23N3OS. The molecule has 1 N–H and O–H groups in total. The number of hydrogen-bond acceptors (Lipinski definition) is 4. The number of carbonyl (C=O) groups is 1. The highest BCUT2D eigenvalue weighted by Gasteiger charge is 2.50. The van der Waals surface area contributed by atoms with Crippen molar-refractivity contribution in [1.82, 2.24) is 15.2 Å². The second-order valence-electron chi connectivity index (χ2n) is 6.25. The molecule has 1 saturated heterocycles. The molecule has 0 radical (unpaired) electrons. The summed E-state index contributed by atoms with van der Waals surface area (Å²) in [7, 11) is 1.94. The van der Waals surface area contributed by atoms with Crippen LogP contribution in [0.1, 0.15) is 36.3 Å². The summed E-state index contributed by atoms with van der Waals surface area (Å²) < 4.78 is 0. The summed E-state index contributed by atoms with van der Waals surface area (Å²) in [5, 5.41) is 3.45. The minimum Gasteiger partial charge on any atom is -0.340 e. The van der Waals surface area contributed by atoms with Crippen LogP contribution in [0.3, 0.4) is 0 Å².